The van der Waals surface area contributed by atoms with Crippen molar-refractivity contribution >= 4 is 23.1 Å². The Kier molecular flexibility index (Phi) is 7.94. The van der Waals surface area contributed by atoms with Gasteiger partial charge in [0.05, 0.1) is 5.56 Å². The van der Waals surface area contributed by atoms with Gasteiger partial charge in [-0.25, -0.2) is 0 Å². The quantitative estimate of drug-likeness (QED) is 0.232. The second kappa shape index (κ2) is 11.2. The van der Waals surface area contributed by atoms with Gasteiger partial charge < -0.3 is 20.4 Å². The topological polar surface area (TPSA) is 149 Å². The molecular formula is C35H38O8. The minimum atomic E-state index is -2.50. The summed E-state index contributed by atoms with van der Waals surface area (Å²) in [5.41, 5.74) is 0.827. The molecular weight excluding hydrogens is 548 g/mol. The Balaban J connectivity index is 1.49. The molecule has 8 nitrogen and oxygen atoms in total. The van der Waals surface area contributed by atoms with Crippen LogP contribution in [0.4, 0.5) is 0 Å². The van der Waals surface area contributed by atoms with Crippen LogP contribution in [0.15, 0.2) is 53.0 Å². The summed E-state index contributed by atoms with van der Waals surface area (Å²) >= 11 is 0. The van der Waals surface area contributed by atoms with E-state index in [1.807, 2.05) is 51.1 Å². The van der Waals surface area contributed by atoms with E-state index in [9.17, 15) is 39.6 Å². The highest BCUT2D eigenvalue weighted by Crippen LogP contribution is 2.52. The number of phenolic OH excluding ortho intramolecular Hbond substituents is 1. The molecule has 226 valence electrons. The van der Waals surface area contributed by atoms with E-state index in [4.69, 9.17) is 0 Å². The van der Waals surface area contributed by atoms with Crippen molar-refractivity contribution in [2.75, 3.05) is 0 Å². The molecule has 0 radical (unpaired) electrons. The Hall–Kier alpha value is -4.04. The van der Waals surface area contributed by atoms with Crippen molar-refractivity contribution in [2.45, 2.75) is 84.2 Å². The summed E-state index contributed by atoms with van der Waals surface area (Å²) in [5, 5.41) is 44.8. The summed E-state index contributed by atoms with van der Waals surface area (Å²) in [7, 11) is 0. The van der Waals surface area contributed by atoms with E-state index in [1.54, 1.807) is 0 Å². The smallest absolute Gasteiger partial charge is 0.209 e. The number of benzene rings is 2. The number of ketones is 4. The molecule has 8 heteroatoms. The molecule has 3 atom stereocenters. The number of aliphatic hydroxyl groups is 3. The van der Waals surface area contributed by atoms with Crippen LogP contribution in [0.3, 0.4) is 0 Å². The lowest BCUT2D eigenvalue weighted by Crippen LogP contribution is -2.56. The normalized spacial score (nSPS) is 23.3. The Morgan fingerprint density at radius 3 is 2.30 bits per heavy atom. The molecule has 0 saturated carbocycles. The third kappa shape index (κ3) is 4.91. The number of hydrogen-bond acceptors (Lipinski definition) is 8. The van der Waals surface area contributed by atoms with Crippen molar-refractivity contribution in [1.82, 2.24) is 0 Å². The third-order valence-electron chi connectivity index (χ3n) is 9.41. The van der Waals surface area contributed by atoms with Crippen molar-refractivity contribution < 1.29 is 39.6 Å². The highest BCUT2D eigenvalue weighted by Gasteiger charge is 2.59. The summed E-state index contributed by atoms with van der Waals surface area (Å²) < 4.78 is 0. The van der Waals surface area contributed by atoms with Gasteiger partial charge in [-0.05, 0) is 73.1 Å². The average Bonchev–Trinajstić information content (AvgIpc) is 2.95. The second-order valence-corrected chi connectivity index (χ2v) is 12.4. The van der Waals surface area contributed by atoms with Crippen LogP contribution in [0.2, 0.25) is 0 Å². The Morgan fingerprint density at radius 2 is 1.70 bits per heavy atom. The minimum absolute atomic E-state index is 0.0329. The number of carbonyl (C=O) groups excluding carboxylic acids is 4. The highest BCUT2D eigenvalue weighted by molar-refractivity contribution is 6.25. The summed E-state index contributed by atoms with van der Waals surface area (Å²) in [6.07, 6.45) is 2.58. The fourth-order valence-electron chi connectivity index (χ4n) is 7.13. The first-order chi connectivity index (χ1) is 20.3. The number of aryl methyl sites for hydroxylation is 2. The van der Waals surface area contributed by atoms with Gasteiger partial charge in [0.1, 0.15) is 22.8 Å². The number of aromatic hydroxyl groups is 1. The van der Waals surface area contributed by atoms with Crippen LogP contribution in [-0.2, 0) is 28.9 Å². The molecule has 0 aliphatic heterocycles. The van der Waals surface area contributed by atoms with Crippen molar-refractivity contribution in [3.05, 3.63) is 86.4 Å². The van der Waals surface area contributed by atoms with E-state index in [2.05, 4.69) is 0 Å². The number of carbonyl (C=O) groups is 4. The molecule has 3 aliphatic carbocycles. The first-order valence-electron chi connectivity index (χ1n) is 15.0. The van der Waals surface area contributed by atoms with Gasteiger partial charge >= 0.3 is 0 Å². The lowest BCUT2D eigenvalue weighted by molar-refractivity contribution is -0.144. The molecule has 0 bridgehead atoms. The van der Waals surface area contributed by atoms with Crippen LogP contribution < -0.4 is 0 Å². The molecule has 0 saturated heterocycles. The molecule has 3 aliphatic rings. The van der Waals surface area contributed by atoms with Crippen LogP contribution in [0.1, 0.15) is 102 Å². The Bertz CT molecular complexity index is 1610. The molecule has 0 aromatic heterocycles. The Morgan fingerprint density at radius 1 is 1.02 bits per heavy atom. The summed E-state index contributed by atoms with van der Waals surface area (Å²) in [6.45, 7) is 6.94. The van der Waals surface area contributed by atoms with Gasteiger partial charge in [0.15, 0.2) is 23.0 Å². The van der Waals surface area contributed by atoms with Crippen molar-refractivity contribution in [3.63, 3.8) is 0 Å². The third-order valence-corrected chi connectivity index (χ3v) is 9.41. The molecule has 43 heavy (non-hydrogen) atoms. The van der Waals surface area contributed by atoms with E-state index in [0.717, 1.165) is 18.1 Å². The van der Waals surface area contributed by atoms with Gasteiger partial charge in [0.2, 0.25) is 5.78 Å². The molecule has 0 spiro atoms. The summed E-state index contributed by atoms with van der Waals surface area (Å²) in [5.74, 6) is -5.17. The average molecular weight is 587 g/mol. The predicted octanol–water partition coefficient (Wildman–Crippen LogP) is 5.58. The van der Waals surface area contributed by atoms with Crippen LogP contribution in [0.5, 0.6) is 5.75 Å². The standard InChI is InChI=1S/C35H38O8/c1-5-26(37)20-11-9-19(10-12-20)7-6-8-21-14-24(17(2)3)25-15-22-13-23-16-27(38)28(18(4)36)33(41)35(23,43)34(42)29(22)32(40)30(25)31(21)39/h9-12,14,17,22-23,38-39,42-43H,5-8,13,15-16H2,1-4H3/t22?,23?,35-/m1/s1. The summed E-state index contributed by atoms with van der Waals surface area (Å²) in [4.78, 5) is 51.4. The van der Waals surface area contributed by atoms with Crippen molar-refractivity contribution in [3.8, 4) is 5.75 Å². The van der Waals surface area contributed by atoms with Crippen LogP contribution in [0.25, 0.3) is 0 Å². The maximum absolute atomic E-state index is 14.1. The van der Waals surface area contributed by atoms with Crippen LogP contribution in [0, 0.1) is 11.8 Å². The van der Waals surface area contributed by atoms with E-state index in [-0.39, 0.29) is 41.4 Å². The first kappa shape index (κ1) is 30.4. The van der Waals surface area contributed by atoms with E-state index < -0.39 is 51.9 Å². The van der Waals surface area contributed by atoms with E-state index in [1.165, 1.54) is 0 Å². The van der Waals surface area contributed by atoms with Gasteiger partial charge in [0, 0.05) is 29.9 Å². The summed E-state index contributed by atoms with van der Waals surface area (Å²) in [6, 6.07) is 9.43. The van der Waals surface area contributed by atoms with E-state index >= 15 is 0 Å². The highest BCUT2D eigenvalue weighted by atomic mass is 16.3. The number of fused-ring (bicyclic) bond motifs is 3. The van der Waals surface area contributed by atoms with E-state index in [0.29, 0.717) is 48.8 Å². The second-order valence-electron chi connectivity index (χ2n) is 12.4. The maximum Gasteiger partial charge on any atom is 0.209 e. The number of rotatable bonds is 8. The monoisotopic (exact) mass is 586 g/mol. The van der Waals surface area contributed by atoms with Crippen LogP contribution >= 0.6 is 0 Å². The molecule has 2 aromatic rings. The number of hydrogen-bond donors (Lipinski definition) is 4. The largest absolute Gasteiger partial charge is 0.511 e. The SMILES string of the molecule is CCC(=O)c1ccc(CCCc2cc(C(C)C)c3c(c2O)C(=O)C2=C(O)[C@]4(O)C(=O)C(C(C)=O)=C(O)CC4CC2C3)cc1. The molecule has 0 heterocycles. The van der Waals surface area contributed by atoms with Gasteiger partial charge in [-0.1, -0.05) is 51.1 Å². The zero-order chi connectivity index (χ0) is 31.4. The molecule has 0 amide bonds. The molecule has 5 rings (SSSR count). The lowest BCUT2D eigenvalue weighted by Gasteiger charge is -2.46. The Labute approximate surface area is 250 Å². The predicted molar refractivity (Wildman–Crippen MR) is 159 cm³/mol. The fourth-order valence-corrected chi connectivity index (χ4v) is 7.13. The number of Topliss-reactive ketones (excluding diaryl/α,β-unsaturated/α-hetero) is 4. The fraction of sp³-hybridized carbons (Fsp3) is 0.429. The zero-order valence-corrected chi connectivity index (χ0v) is 25.0. The maximum atomic E-state index is 14.1. The number of phenols is 1. The lowest BCUT2D eigenvalue weighted by atomic mass is 9.59. The zero-order valence-electron chi connectivity index (χ0n) is 25.0. The van der Waals surface area contributed by atoms with Gasteiger partial charge in [-0.3, -0.25) is 19.2 Å². The van der Waals surface area contributed by atoms with Crippen LogP contribution in [-0.4, -0.2) is 49.2 Å². The minimum Gasteiger partial charge on any atom is -0.511 e. The number of allylic oxidation sites excluding steroid dienone is 2. The molecule has 4 N–H and O–H groups in total. The molecule has 2 unspecified atom stereocenters. The van der Waals surface area contributed by atoms with Gasteiger partial charge in [-0.15, -0.1) is 0 Å². The van der Waals surface area contributed by atoms with Crippen molar-refractivity contribution in [1.29, 1.82) is 0 Å². The molecule has 2 aromatic carbocycles. The first-order valence-corrected chi connectivity index (χ1v) is 15.0. The van der Waals surface area contributed by atoms with Crippen molar-refractivity contribution in [2.24, 2.45) is 11.8 Å². The van der Waals surface area contributed by atoms with Gasteiger partial charge in [-0.2, -0.15) is 0 Å². The number of aliphatic hydroxyl groups excluding tert-OH is 2. The molecule has 0 fully saturated rings. The van der Waals surface area contributed by atoms with Gasteiger partial charge in [0.25, 0.3) is 0 Å².